The van der Waals surface area contributed by atoms with Crippen molar-refractivity contribution in [3.05, 3.63) is 35.9 Å². The quantitative estimate of drug-likeness (QED) is 0.194. The smallest absolute Gasteiger partial charge is 0.328 e. The standard InChI is InChI=1S/C21H32N4O6S/c1-11(2)16(22)20(29)23-14(9-13-7-5-4-6-8-13)18(27)24-15(10-32)19(28)25-17(12(3)26)21(30)31/h4-8,11-12,14-17,26,32H,9-10,22H2,1-3H3,(H,23,29)(H,24,27)(H,25,28)(H,30,31). The Kier molecular flexibility index (Phi) is 11.2. The van der Waals surface area contributed by atoms with Gasteiger partial charge in [0.2, 0.25) is 17.7 Å². The van der Waals surface area contributed by atoms with Crippen LogP contribution in [0.5, 0.6) is 0 Å². The molecule has 1 aromatic carbocycles. The van der Waals surface area contributed by atoms with Crippen molar-refractivity contribution in [1.82, 2.24) is 16.0 Å². The number of hydrogen-bond acceptors (Lipinski definition) is 7. The molecule has 32 heavy (non-hydrogen) atoms. The van der Waals surface area contributed by atoms with Gasteiger partial charge in [-0.1, -0.05) is 44.2 Å². The van der Waals surface area contributed by atoms with Gasteiger partial charge < -0.3 is 31.9 Å². The topological polar surface area (TPSA) is 171 Å². The van der Waals surface area contributed by atoms with Crippen LogP contribution in [0.3, 0.4) is 0 Å². The number of aliphatic hydroxyl groups excluding tert-OH is 1. The van der Waals surface area contributed by atoms with Crippen LogP contribution in [0.4, 0.5) is 0 Å². The van der Waals surface area contributed by atoms with Gasteiger partial charge in [0.25, 0.3) is 0 Å². The van der Waals surface area contributed by atoms with Crippen molar-refractivity contribution < 1.29 is 29.4 Å². The molecule has 0 heterocycles. The number of nitrogens with one attached hydrogen (secondary N) is 3. The summed E-state index contributed by atoms with van der Waals surface area (Å²) in [4.78, 5) is 49.1. The SMILES string of the molecule is CC(C)C(N)C(=O)NC(Cc1ccccc1)C(=O)NC(CS)C(=O)NC(C(=O)O)C(C)O. The highest BCUT2D eigenvalue weighted by molar-refractivity contribution is 7.80. The number of aliphatic carboxylic acids is 1. The zero-order valence-electron chi connectivity index (χ0n) is 18.3. The normalized spacial score (nSPS) is 15.7. The first-order chi connectivity index (χ1) is 15.0. The molecule has 178 valence electrons. The van der Waals surface area contributed by atoms with Crippen LogP contribution in [0.25, 0.3) is 0 Å². The van der Waals surface area contributed by atoms with E-state index in [4.69, 9.17) is 10.8 Å². The van der Waals surface area contributed by atoms with Crippen molar-refractivity contribution in [1.29, 1.82) is 0 Å². The summed E-state index contributed by atoms with van der Waals surface area (Å²) in [5.74, 6) is -3.71. The van der Waals surface area contributed by atoms with Crippen LogP contribution in [0.2, 0.25) is 0 Å². The summed E-state index contributed by atoms with van der Waals surface area (Å²) in [6.07, 6.45) is -1.20. The average Bonchev–Trinajstić information content (AvgIpc) is 2.74. The Bertz CT molecular complexity index is 790. The Labute approximate surface area is 192 Å². The van der Waals surface area contributed by atoms with E-state index in [2.05, 4.69) is 28.6 Å². The summed E-state index contributed by atoms with van der Waals surface area (Å²) >= 11 is 4.06. The third kappa shape index (κ3) is 8.48. The molecule has 7 N–H and O–H groups in total. The number of carboxylic acid groups (broad SMARTS) is 1. The molecule has 0 aromatic heterocycles. The number of amides is 3. The van der Waals surface area contributed by atoms with Gasteiger partial charge in [-0.2, -0.15) is 12.6 Å². The van der Waals surface area contributed by atoms with Gasteiger partial charge in [0.1, 0.15) is 12.1 Å². The number of aliphatic hydroxyl groups is 1. The second-order valence-corrected chi connectivity index (χ2v) is 8.19. The van der Waals surface area contributed by atoms with E-state index in [9.17, 15) is 24.3 Å². The zero-order chi connectivity index (χ0) is 24.4. The molecule has 11 heteroatoms. The minimum atomic E-state index is -1.55. The number of rotatable bonds is 12. The molecule has 0 radical (unpaired) electrons. The summed E-state index contributed by atoms with van der Waals surface area (Å²) in [5.41, 5.74) is 6.67. The average molecular weight is 469 g/mol. The van der Waals surface area contributed by atoms with E-state index in [1.54, 1.807) is 38.1 Å². The van der Waals surface area contributed by atoms with Gasteiger partial charge in [-0.05, 0) is 18.4 Å². The zero-order valence-corrected chi connectivity index (χ0v) is 19.2. The molecule has 0 spiro atoms. The number of carboxylic acids is 1. The predicted molar refractivity (Wildman–Crippen MR) is 122 cm³/mol. The van der Waals surface area contributed by atoms with E-state index >= 15 is 0 Å². The molecule has 0 saturated carbocycles. The van der Waals surface area contributed by atoms with Gasteiger partial charge in [0.05, 0.1) is 12.1 Å². The minimum Gasteiger partial charge on any atom is -0.480 e. The fraction of sp³-hybridized carbons (Fsp3) is 0.524. The number of benzene rings is 1. The Balaban J connectivity index is 2.99. The van der Waals surface area contributed by atoms with Crippen LogP contribution in [0.15, 0.2) is 30.3 Å². The lowest BCUT2D eigenvalue weighted by Gasteiger charge is -2.25. The molecule has 0 bridgehead atoms. The Morgan fingerprint density at radius 2 is 1.47 bits per heavy atom. The lowest BCUT2D eigenvalue weighted by Crippen LogP contribution is -2.59. The van der Waals surface area contributed by atoms with Gasteiger partial charge in [0, 0.05) is 12.2 Å². The number of carbonyl (C=O) groups is 4. The van der Waals surface area contributed by atoms with E-state index in [0.717, 1.165) is 5.56 Å². The molecule has 10 nitrogen and oxygen atoms in total. The van der Waals surface area contributed by atoms with Gasteiger partial charge in [-0.15, -0.1) is 0 Å². The van der Waals surface area contributed by atoms with Crippen LogP contribution in [0, 0.1) is 5.92 Å². The van der Waals surface area contributed by atoms with Crippen LogP contribution in [-0.4, -0.2) is 69.9 Å². The molecule has 0 aliphatic carbocycles. The van der Waals surface area contributed by atoms with Crippen LogP contribution >= 0.6 is 12.6 Å². The molecular formula is C21H32N4O6S. The third-order valence-electron chi connectivity index (χ3n) is 4.80. The Morgan fingerprint density at radius 1 is 0.938 bits per heavy atom. The monoisotopic (exact) mass is 468 g/mol. The molecule has 0 aliphatic rings. The van der Waals surface area contributed by atoms with Crippen molar-refractivity contribution in [3.8, 4) is 0 Å². The summed E-state index contributed by atoms with van der Waals surface area (Å²) in [6.45, 7) is 4.77. The first-order valence-electron chi connectivity index (χ1n) is 10.2. The fourth-order valence-corrected chi connectivity index (χ4v) is 3.00. The third-order valence-corrected chi connectivity index (χ3v) is 5.16. The Morgan fingerprint density at radius 3 is 1.94 bits per heavy atom. The fourth-order valence-electron chi connectivity index (χ4n) is 2.74. The highest BCUT2D eigenvalue weighted by atomic mass is 32.1. The van der Waals surface area contributed by atoms with E-state index < -0.39 is 54.0 Å². The lowest BCUT2D eigenvalue weighted by molar-refractivity contribution is -0.145. The summed E-state index contributed by atoms with van der Waals surface area (Å²) < 4.78 is 0. The van der Waals surface area contributed by atoms with E-state index in [0.29, 0.717) is 0 Å². The van der Waals surface area contributed by atoms with Gasteiger partial charge in [0.15, 0.2) is 6.04 Å². The molecule has 1 rings (SSSR count). The predicted octanol–water partition coefficient (Wildman–Crippen LogP) is -0.938. The molecule has 0 aliphatic heterocycles. The lowest BCUT2D eigenvalue weighted by atomic mass is 10.0. The highest BCUT2D eigenvalue weighted by Gasteiger charge is 2.31. The molecule has 3 amide bonds. The molecule has 1 aromatic rings. The second kappa shape index (κ2) is 13.0. The molecule has 0 fully saturated rings. The maximum absolute atomic E-state index is 13.0. The first-order valence-corrected chi connectivity index (χ1v) is 10.8. The number of carbonyl (C=O) groups excluding carboxylic acids is 3. The second-order valence-electron chi connectivity index (χ2n) is 7.83. The Hall–Kier alpha value is -2.63. The van der Waals surface area contributed by atoms with Crippen molar-refractivity contribution in [2.24, 2.45) is 11.7 Å². The van der Waals surface area contributed by atoms with Crippen molar-refractivity contribution in [2.75, 3.05) is 5.75 Å². The summed E-state index contributed by atoms with van der Waals surface area (Å²) in [7, 11) is 0. The first kappa shape index (κ1) is 27.4. The van der Waals surface area contributed by atoms with Crippen LogP contribution in [0.1, 0.15) is 26.3 Å². The molecular weight excluding hydrogens is 436 g/mol. The van der Waals surface area contributed by atoms with E-state index in [1.165, 1.54) is 6.92 Å². The maximum atomic E-state index is 13.0. The van der Waals surface area contributed by atoms with Gasteiger partial charge >= 0.3 is 5.97 Å². The van der Waals surface area contributed by atoms with Crippen LogP contribution < -0.4 is 21.7 Å². The molecule has 0 saturated heterocycles. The number of thiol groups is 1. The van der Waals surface area contributed by atoms with Crippen molar-refractivity contribution >= 4 is 36.3 Å². The van der Waals surface area contributed by atoms with E-state index in [1.807, 2.05) is 6.07 Å². The molecule has 5 atom stereocenters. The summed E-state index contributed by atoms with van der Waals surface area (Å²) in [5, 5.41) is 26.0. The largest absolute Gasteiger partial charge is 0.480 e. The number of nitrogens with two attached hydrogens (primary N) is 1. The van der Waals surface area contributed by atoms with Gasteiger partial charge in [-0.25, -0.2) is 4.79 Å². The summed E-state index contributed by atoms with van der Waals surface area (Å²) in [6, 6.07) is 4.37. The highest BCUT2D eigenvalue weighted by Crippen LogP contribution is 2.06. The van der Waals surface area contributed by atoms with Gasteiger partial charge in [-0.3, -0.25) is 14.4 Å². The van der Waals surface area contributed by atoms with Crippen molar-refractivity contribution in [2.45, 2.75) is 57.5 Å². The minimum absolute atomic E-state index is 0.138. The maximum Gasteiger partial charge on any atom is 0.328 e. The number of hydrogen-bond donors (Lipinski definition) is 7. The molecule has 5 unspecified atom stereocenters. The van der Waals surface area contributed by atoms with Crippen LogP contribution in [-0.2, 0) is 25.6 Å². The van der Waals surface area contributed by atoms with Crippen molar-refractivity contribution in [3.63, 3.8) is 0 Å². The van der Waals surface area contributed by atoms with E-state index in [-0.39, 0.29) is 18.1 Å².